The van der Waals surface area contributed by atoms with Gasteiger partial charge in [-0.1, -0.05) is 32.4 Å². The van der Waals surface area contributed by atoms with Crippen LogP contribution in [0.2, 0.25) is 0 Å². The standard InChI is InChI=1S/C19H30O.C2H6/c1-12-3-5-14-13(11-12)4-6-16-15(14)9-10-19(2)17(16)7-8-18(19)20;1-2/h3,13-18,20H,4-11H2,1-2H3;1-2H3/t13-,14?,15?,16?,17?,18?,19-;/m0./s1. The minimum atomic E-state index is -0.0142. The van der Waals surface area contributed by atoms with Crippen LogP contribution in [-0.2, 0) is 0 Å². The maximum atomic E-state index is 10.4. The molecular formula is C21H36O. The smallest absolute Gasteiger partial charge is 0.0596 e. The molecule has 3 saturated carbocycles. The van der Waals surface area contributed by atoms with Crippen molar-refractivity contribution in [1.29, 1.82) is 0 Å². The Hall–Kier alpha value is -0.300. The SMILES string of the molecule is CC.CC1=CCC2C3CC[C@]4(C)C(O)CCC4C3CC[C@H]2C1. The van der Waals surface area contributed by atoms with Gasteiger partial charge < -0.3 is 5.11 Å². The summed E-state index contributed by atoms with van der Waals surface area (Å²) in [6.45, 7) is 8.72. The van der Waals surface area contributed by atoms with Gasteiger partial charge in [-0.25, -0.2) is 0 Å². The molecule has 1 N–H and O–H groups in total. The predicted octanol–water partition coefficient (Wildman–Crippen LogP) is 5.58. The Morgan fingerprint density at radius 1 is 1.00 bits per heavy atom. The monoisotopic (exact) mass is 304 g/mol. The molecule has 1 nitrogen and oxygen atoms in total. The number of aliphatic hydroxyl groups excluding tert-OH is 1. The Kier molecular flexibility index (Phi) is 4.74. The fourth-order valence-electron chi connectivity index (χ4n) is 6.66. The van der Waals surface area contributed by atoms with Gasteiger partial charge in [-0.15, -0.1) is 0 Å². The second kappa shape index (κ2) is 6.30. The van der Waals surface area contributed by atoms with Crippen LogP contribution < -0.4 is 0 Å². The number of allylic oxidation sites excluding steroid dienone is 2. The summed E-state index contributed by atoms with van der Waals surface area (Å²) in [5.74, 6) is 4.68. The van der Waals surface area contributed by atoms with Gasteiger partial charge in [0.25, 0.3) is 0 Å². The third-order valence-electron chi connectivity index (χ3n) is 7.79. The van der Waals surface area contributed by atoms with Crippen molar-refractivity contribution < 1.29 is 5.11 Å². The molecule has 1 heteroatoms. The molecule has 3 fully saturated rings. The molecule has 4 aliphatic rings. The molecule has 0 bridgehead atoms. The molecule has 0 saturated heterocycles. The summed E-state index contributed by atoms with van der Waals surface area (Å²) >= 11 is 0. The summed E-state index contributed by atoms with van der Waals surface area (Å²) in [6.07, 6.45) is 13.2. The van der Waals surface area contributed by atoms with Crippen LogP contribution in [0.4, 0.5) is 0 Å². The Balaban J connectivity index is 0.000000693. The average molecular weight is 305 g/mol. The minimum absolute atomic E-state index is 0.0142. The van der Waals surface area contributed by atoms with Crippen LogP contribution in [0.1, 0.15) is 79.1 Å². The maximum Gasteiger partial charge on any atom is 0.0596 e. The highest BCUT2D eigenvalue weighted by Crippen LogP contribution is 2.62. The molecule has 0 spiro atoms. The van der Waals surface area contributed by atoms with Gasteiger partial charge in [0, 0.05) is 0 Å². The van der Waals surface area contributed by atoms with Crippen LogP contribution >= 0.6 is 0 Å². The van der Waals surface area contributed by atoms with Crippen molar-refractivity contribution >= 4 is 0 Å². The second-order valence-electron chi connectivity index (χ2n) is 8.56. The lowest BCUT2D eigenvalue weighted by Gasteiger charge is -2.55. The molecule has 126 valence electrons. The first-order valence-electron chi connectivity index (χ1n) is 9.93. The van der Waals surface area contributed by atoms with Crippen LogP contribution in [-0.4, -0.2) is 11.2 Å². The highest BCUT2D eigenvalue weighted by Gasteiger charge is 2.56. The van der Waals surface area contributed by atoms with E-state index in [0.29, 0.717) is 0 Å². The molecular weight excluding hydrogens is 268 g/mol. The van der Waals surface area contributed by atoms with E-state index >= 15 is 0 Å². The number of aliphatic hydroxyl groups is 1. The van der Waals surface area contributed by atoms with Gasteiger partial charge in [0.15, 0.2) is 0 Å². The van der Waals surface area contributed by atoms with E-state index in [-0.39, 0.29) is 11.5 Å². The summed E-state index contributed by atoms with van der Waals surface area (Å²) in [5, 5.41) is 10.4. The maximum absolute atomic E-state index is 10.4. The molecule has 22 heavy (non-hydrogen) atoms. The topological polar surface area (TPSA) is 20.2 Å². The predicted molar refractivity (Wildman–Crippen MR) is 93.6 cm³/mol. The van der Waals surface area contributed by atoms with Gasteiger partial charge in [-0.2, -0.15) is 0 Å². The van der Waals surface area contributed by atoms with Crippen LogP contribution in [0.3, 0.4) is 0 Å². The lowest BCUT2D eigenvalue weighted by atomic mass is 9.51. The molecule has 4 rings (SSSR count). The lowest BCUT2D eigenvalue weighted by Crippen LogP contribution is -2.48. The Morgan fingerprint density at radius 3 is 2.55 bits per heavy atom. The Labute approximate surface area is 137 Å². The minimum Gasteiger partial charge on any atom is -0.393 e. The second-order valence-corrected chi connectivity index (χ2v) is 8.56. The number of fused-ring (bicyclic) bond motifs is 5. The van der Waals surface area contributed by atoms with E-state index in [9.17, 15) is 5.11 Å². The molecule has 5 unspecified atom stereocenters. The van der Waals surface area contributed by atoms with Crippen LogP contribution in [0, 0.1) is 35.0 Å². The van der Waals surface area contributed by atoms with E-state index in [2.05, 4.69) is 19.9 Å². The zero-order valence-corrected chi connectivity index (χ0v) is 15.1. The molecule has 0 aromatic heterocycles. The largest absolute Gasteiger partial charge is 0.393 e. The van der Waals surface area contributed by atoms with Crippen LogP contribution in [0.15, 0.2) is 11.6 Å². The first kappa shape index (κ1) is 16.6. The van der Waals surface area contributed by atoms with Crippen molar-refractivity contribution in [2.45, 2.75) is 85.2 Å². The summed E-state index contributed by atoms with van der Waals surface area (Å²) in [5.41, 5.74) is 1.90. The van der Waals surface area contributed by atoms with Gasteiger partial charge in [0.05, 0.1) is 6.10 Å². The molecule has 0 aromatic rings. The Morgan fingerprint density at radius 2 is 1.77 bits per heavy atom. The van der Waals surface area contributed by atoms with Crippen molar-refractivity contribution in [1.82, 2.24) is 0 Å². The first-order valence-corrected chi connectivity index (χ1v) is 9.93. The number of hydrogen-bond acceptors (Lipinski definition) is 1. The van der Waals surface area contributed by atoms with Crippen molar-refractivity contribution in [2.24, 2.45) is 35.0 Å². The van der Waals surface area contributed by atoms with Gasteiger partial charge in [-0.05, 0) is 93.3 Å². The highest BCUT2D eigenvalue weighted by atomic mass is 16.3. The fourth-order valence-corrected chi connectivity index (χ4v) is 6.66. The zero-order valence-electron chi connectivity index (χ0n) is 15.1. The molecule has 4 aliphatic carbocycles. The van der Waals surface area contributed by atoms with Gasteiger partial charge in [-0.3, -0.25) is 0 Å². The fraction of sp³-hybridized carbons (Fsp3) is 0.905. The number of hydrogen-bond donors (Lipinski definition) is 1. The lowest BCUT2D eigenvalue weighted by molar-refractivity contribution is -0.0743. The van der Waals surface area contributed by atoms with E-state index in [4.69, 9.17) is 0 Å². The number of rotatable bonds is 0. The van der Waals surface area contributed by atoms with Gasteiger partial charge in [0.1, 0.15) is 0 Å². The molecule has 0 amide bonds. The third kappa shape index (κ3) is 2.48. The normalized spacial score (nSPS) is 50.0. The highest BCUT2D eigenvalue weighted by molar-refractivity contribution is 5.11. The van der Waals surface area contributed by atoms with E-state index in [1.807, 2.05) is 13.8 Å². The van der Waals surface area contributed by atoms with Crippen LogP contribution in [0.5, 0.6) is 0 Å². The van der Waals surface area contributed by atoms with E-state index in [1.54, 1.807) is 5.57 Å². The van der Waals surface area contributed by atoms with Crippen LogP contribution in [0.25, 0.3) is 0 Å². The molecule has 7 atom stereocenters. The molecule has 0 aromatic carbocycles. The van der Waals surface area contributed by atoms with E-state index in [0.717, 1.165) is 36.0 Å². The van der Waals surface area contributed by atoms with Crippen molar-refractivity contribution in [3.05, 3.63) is 11.6 Å². The summed E-state index contributed by atoms with van der Waals surface area (Å²) in [4.78, 5) is 0. The van der Waals surface area contributed by atoms with E-state index in [1.165, 1.54) is 44.9 Å². The summed E-state index contributed by atoms with van der Waals surface area (Å²) in [7, 11) is 0. The quantitative estimate of drug-likeness (QED) is 0.579. The van der Waals surface area contributed by atoms with Crippen molar-refractivity contribution in [3.63, 3.8) is 0 Å². The van der Waals surface area contributed by atoms with Gasteiger partial charge >= 0.3 is 0 Å². The van der Waals surface area contributed by atoms with E-state index < -0.39 is 0 Å². The summed E-state index contributed by atoms with van der Waals surface area (Å²) < 4.78 is 0. The summed E-state index contributed by atoms with van der Waals surface area (Å²) in [6, 6.07) is 0. The molecule has 0 aliphatic heterocycles. The first-order chi connectivity index (χ1) is 10.6. The molecule has 0 heterocycles. The zero-order chi connectivity index (χ0) is 15.9. The molecule has 0 radical (unpaired) electrons. The van der Waals surface area contributed by atoms with Crippen molar-refractivity contribution in [2.75, 3.05) is 0 Å². The third-order valence-corrected chi connectivity index (χ3v) is 7.79. The van der Waals surface area contributed by atoms with Crippen molar-refractivity contribution in [3.8, 4) is 0 Å². The van der Waals surface area contributed by atoms with Gasteiger partial charge in [0.2, 0.25) is 0 Å². The Bertz CT molecular complexity index is 426. The average Bonchev–Trinajstić information content (AvgIpc) is 2.84.